The number of benzene rings is 8. The lowest BCUT2D eigenvalue weighted by Crippen LogP contribution is -2.48. The fraction of sp³-hybridized carbons (Fsp3) is 0.179. The summed E-state index contributed by atoms with van der Waals surface area (Å²) in [5.41, 5.74) is 12.0. The van der Waals surface area contributed by atoms with Crippen LogP contribution in [0.1, 0.15) is 44.1 Å². The molecular formula is C56H43NOS. The molecule has 4 bridgehead atoms. The van der Waals surface area contributed by atoms with E-state index in [1.165, 1.54) is 91.7 Å². The first-order valence-electron chi connectivity index (χ1n) is 21.5. The minimum atomic E-state index is 0.315. The van der Waals surface area contributed by atoms with E-state index in [0.29, 0.717) is 5.41 Å². The quantitative estimate of drug-likeness (QED) is 0.167. The number of para-hydroxylation sites is 1. The molecule has 4 aliphatic carbocycles. The van der Waals surface area contributed by atoms with Gasteiger partial charge in [0.25, 0.3) is 0 Å². The standard InChI is InChI=1S/C56H43NOS/c1-2-10-38(11-3-1)44-17-7-12-39-13-8-18-45(54(39)44)40-14-6-15-41(29-40)57(43-22-24-47-46-16-4-5-20-50(46)58-51(47)31-43)42-23-25-52-48(30-42)55-49(19-9-21-53(55)59-52)56-32-35-26-36(33-56)28-37(27-35)34-56/h1-25,29-31,35-37H,26-28,32-34H2. The summed E-state index contributed by atoms with van der Waals surface area (Å²) in [6.07, 6.45) is 8.47. The molecule has 0 unspecified atom stereocenters. The Hall–Kier alpha value is -6.16. The zero-order chi connectivity index (χ0) is 38.7. The SMILES string of the molecule is c1ccc(-c2cccc3cccc(-c4cccc(N(c5ccc6c(c5)oc5ccccc56)c5ccc6sc7cccc(C89CC%10CC(CC(C%10)C8)C9)c7c6c5)c4)c23)cc1. The maximum atomic E-state index is 6.53. The zero-order valence-corrected chi connectivity index (χ0v) is 33.7. The number of hydrogen-bond acceptors (Lipinski definition) is 3. The number of thiophene rings is 1. The van der Waals surface area contributed by atoms with Gasteiger partial charge in [-0.25, -0.2) is 0 Å². The molecule has 0 amide bonds. The summed E-state index contributed by atoms with van der Waals surface area (Å²) in [6.45, 7) is 0. The third-order valence-electron chi connectivity index (χ3n) is 14.4. The van der Waals surface area contributed by atoms with Crippen LogP contribution in [-0.2, 0) is 5.41 Å². The first kappa shape index (κ1) is 33.8. The Labute approximate surface area is 348 Å². The molecule has 14 rings (SSSR count). The van der Waals surface area contributed by atoms with Crippen molar-refractivity contribution < 1.29 is 4.42 Å². The van der Waals surface area contributed by atoms with Crippen molar-refractivity contribution in [1.82, 2.24) is 0 Å². The van der Waals surface area contributed by atoms with Gasteiger partial charge in [-0.05, 0) is 155 Å². The lowest BCUT2D eigenvalue weighted by Gasteiger charge is -2.57. The molecule has 0 aliphatic heterocycles. The van der Waals surface area contributed by atoms with Gasteiger partial charge in [0.1, 0.15) is 11.2 Å². The van der Waals surface area contributed by atoms with E-state index in [1.807, 2.05) is 11.3 Å². The summed E-state index contributed by atoms with van der Waals surface area (Å²) in [6, 6.07) is 62.9. The van der Waals surface area contributed by atoms with Gasteiger partial charge in [0.2, 0.25) is 0 Å². The fourth-order valence-corrected chi connectivity index (χ4v) is 13.5. The van der Waals surface area contributed by atoms with Gasteiger partial charge in [-0.3, -0.25) is 0 Å². The Balaban J connectivity index is 1.02. The molecule has 0 radical (unpaired) electrons. The maximum Gasteiger partial charge on any atom is 0.137 e. The van der Waals surface area contributed by atoms with Crippen LogP contribution < -0.4 is 4.90 Å². The topological polar surface area (TPSA) is 16.4 Å². The van der Waals surface area contributed by atoms with E-state index < -0.39 is 0 Å². The number of nitrogens with zero attached hydrogens (tertiary/aromatic N) is 1. The number of hydrogen-bond donors (Lipinski definition) is 0. The minimum Gasteiger partial charge on any atom is -0.456 e. The highest BCUT2D eigenvalue weighted by molar-refractivity contribution is 7.25. The second-order valence-electron chi connectivity index (χ2n) is 17.9. The monoisotopic (exact) mass is 777 g/mol. The molecule has 0 atom stereocenters. The van der Waals surface area contributed by atoms with E-state index in [-0.39, 0.29) is 0 Å². The molecule has 0 N–H and O–H groups in total. The van der Waals surface area contributed by atoms with Gasteiger partial charge < -0.3 is 9.32 Å². The number of rotatable bonds is 6. The van der Waals surface area contributed by atoms with Crippen LogP contribution in [0, 0.1) is 17.8 Å². The Morgan fingerprint density at radius 2 is 1.10 bits per heavy atom. The van der Waals surface area contributed by atoms with E-state index in [4.69, 9.17) is 4.42 Å². The van der Waals surface area contributed by atoms with Crippen molar-refractivity contribution in [2.45, 2.75) is 43.9 Å². The lowest BCUT2D eigenvalue weighted by atomic mass is 9.48. The molecule has 284 valence electrons. The van der Waals surface area contributed by atoms with Crippen molar-refractivity contribution in [3.05, 3.63) is 175 Å². The first-order valence-corrected chi connectivity index (χ1v) is 22.3. The summed E-state index contributed by atoms with van der Waals surface area (Å²) in [7, 11) is 0. The summed E-state index contributed by atoms with van der Waals surface area (Å²) in [4.78, 5) is 2.45. The third-order valence-corrected chi connectivity index (χ3v) is 15.5. The van der Waals surface area contributed by atoms with Crippen molar-refractivity contribution in [2.75, 3.05) is 4.90 Å². The highest BCUT2D eigenvalue weighted by Crippen LogP contribution is 2.62. The molecule has 2 heterocycles. The van der Waals surface area contributed by atoms with E-state index in [0.717, 1.165) is 56.8 Å². The van der Waals surface area contributed by atoms with Crippen LogP contribution in [0.4, 0.5) is 17.1 Å². The van der Waals surface area contributed by atoms with Crippen molar-refractivity contribution in [2.24, 2.45) is 17.8 Å². The molecule has 10 aromatic rings. The lowest BCUT2D eigenvalue weighted by molar-refractivity contribution is -0.00446. The Morgan fingerprint density at radius 1 is 0.458 bits per heavy atom. The largest absolute Gasteiger partial charge is 0.456 e. The van der Waals surface area contributed by atoms with Crippen LogP contribution in [0.5, 0.6) is 0 Å². The van der Waals surface area contributed by atoms with Gasteiger partial charge in [0, 0.05) is 54.1 Å². The van der Waals surface area contributed by atoms with Gasteiger partial charge in [0.05, 0.1) is 0 Å². The molecular weight excluding hydrogens is 735 g/mol. The number of fused-ring (bicyclic) bond motifs is 7. The number of anilines is 3. The highest BCUT2D eigenvalue weighted by atomic mass is 32.1. The van der Waals surface area contributed by atoms with Gasteiger partial charge in [-0.15, -0.1) is 11.3 Å². The van der Waals surface area contributed by atoms with Crippen molar-refractivity contribution in [1.29, 1.82) is 0 Å². The van der Waals surface area contributed by atoms with Gasteiger partial charge in [-0.1, -0.05) is 109 Å². The first-order chi connectivity index (χ1) is 29.1. The second-order valence-corrected chi connectivity index (χ2v) is 19.0. The Morgan fingerprint density at radius 3 is 1.92 bits per heavy atom. The van der Waals surface area contributed by atoms with Crippen LogP contribution in [0.15, 0.2) is 174 Å². The van der Waals surface area contributed by atoms with Crippen molar-refractivity contribution in [3.63, 3.8) is 0 Å². The van der Waals surface area contributed by atoms with Crippen LogP contribution >= 0.6 is 11.3 Å². The van der Waals surface area contributed by atoms with E-state index in [9.17, 15) is 0 Å². The van der Waals surface area contributed by atoms with E-state index in [2.05, 4.69) is 175 Å². The van der Waals surface area contributed by atoms with Crippen LogP contribution in [-0.4, -0.2) is 0 Å². The molecule has 0 saturated heterocycles. The Bertz CT molecular complexity index is 3240. The molecule has 0 spiro atoms. The minimum absolute atomic E-state index is 0.315. The van der Waals surface area contributed by atoms with Gasteiger partial charge in [-0.2, -0.15) is 0 Å². The van der Waals surface area contributed by atoms with E-state index in [1.54, 1.807) is 5.56 Å². The molecule has 4 aliphatic rings. The van der Waals surface area contributed by atoms with Gasteiger partial charge in [0.15, 0.2) is 0 Å². The molecule has 3 heteroatoms. The number of furan rings is 1. The summed E-state index contributed by atoms with van der Waals surface area (Å²) in [5.74, 6) is 2.70. The average molecular weight is 778 g/mol. The molecule has 4 fully saturated rings. The van der Waals surface area contributed by atoms with E-state index >= 15 is 0 Å². The highest BCUT2D eigenvalue weighted by Gasteiger charge is 2.52. The molecule has 2 aromatic heterocycles. The molecule has 4 saturated carbocycles. The second kappa shape index (κ2) is 12.9. The van der Waals surface area contributed by atoms with Crippen LogP contribution in [0.3, 0.4) is 0 Å². The molecule has 2 nitrogen and oxygen atoms in total. The summed E-state index contributed by atoms with van der Waals surface area (Å²) >= 11 is 1.96. The Kier molecular flexibility index (Phi) is 7.40. The fourth-order valence-electron chi connectivity index (χ4n) is 12.4. The van der Waals surface area contributed by atoms with Crippen molar-refractivity contribution in [3.8, 4) is 22.3 Å². The van der Waals surface area contributed by atoms with Crippen LogP contribution in [0.25, 0.3) is 75.1 Å². The van der Waals surface area contributed by atoms with Gasteiger partial charge >= 0.3 is 0 Å². The normalized spacial score (nSPS) is 21.1. The maximum absolute atomic E-state index is 6.53. The predicted molar refractivity (Wildman–Crippen MR) is 250 cm³/mol. The van der Waals surface area contributed by atoms with Crippen molar-refractivity contribution >= 4 is 81.3 Å². The average Bonchev–Trinajstić information content (AvgIpc) is 3.84. The zero-order valence-electron chi connectivity index (χ0n) is 32.9. The smallest absolute Gasteiger partial charge is 0.137 e. The summed E-state index contributed by atoms with van der Waals surface area (Å²) < 4.78 is 9.33. The molecule has 59 heavy (non-hydrogen) atoms. The van der Waals surface area contributed by atoms with Crippen LogP contribution in [0.2, 0.25) is 0 Å². The predicted octanol–water partition coefficient (Wildman–Crippen LogP) is 16.4. The molecule has 8 aromatic carbocycles. The summed E-state index contributed by atoms with van der Waals surface area (Å²) in [5, 5.41) is 7.70. The third kappa shape index (κ3) is 5.30.